The first-order valence-electron chi connectivity index (χ1n) is 7.42. The van der Waals surface area contributed by atoms with Crippen molar-refractivity contribution >= 4 is 5.91 Å². The molecule has 0 spiro atoms. The van der Waals surface area contributed by atoms with Crippen LogP contribution in [0, 0.1) is 17.7 Å². The van der Waals surface area contributed by atoms with Gasteiger partial charge in [0.1, 0.15) is 5.82 Å². The van der Waals surface area contributed by atoms with Crippen LogP contribution in [0.4, 0.5) is 4.39 Å². The smallest absolute Gasteiger partial charge is 0.227 e. The molecule has 1 amide bonds. The average Bonchev–Trinajstić information content (AvgIpc) is 3.07. The molecule has 0 bridgehead atoms. The van der Waals surface area contributed by atoms with E-state index in [0.29, 0.717) is 5.92 Å². The summed E-state index contributed by atoms with van der Waals surface area (Å²) in [5.41, 5.74) is 0.925. The molecular weight excluding hydrogens is 255 g/mol. The normalized spacial score (nSPS) is 29.9. The van der Waals surface area contributed by atoms with E-state index in [9.17, 15) is 9.18 Å². The van der Waals surface area contributed by atoms with Gasteiger partial charge >= 0.3 is 0 Å². The van der Waals surface area contributed by atoms with E-state index in [1.165, 1.54) is 6.07 Å². The number of hydrogen-bond donors (Lipinski definition) is 1. The van der Waals surface area contributed by atoms with Crippen LogP contribution in [0.3, 0.4) is 0 Å². The highest BCUT2D eigenvalue weighted by Gasteiger charge is 2.37. The van der Waals surface area contributed by atoms with Crippen molar-refractivity contribution in [3.8, 4) is 0 Å². The molecule has 2 aliphatic rings. The number of carbonyl (C=O) groups excluding carboxylic acids is 1. The van der Waals surface area contributed by atoms with Crippen LogP contribution in [0.15, 0.2) is 24.3 Å². The molecule has 3 rings (SSSR count). The molecule has 3 atom stereocenters. The fourth-order valence-electron chi connectivity index (χ4n) is 3.42. The van der Waals surface area contributed by atoms with Crippen molar-refractivity contribution in [2.75, 3.05) is 19.6 Å². The molecule has 0 saturated carbocycles. The number of nitrogens with one attached hydrogen (secondary N) is 1. The Bertz CT molecular complexity index is 499. The van der Waals surface area contributed by atoms with Gasteiger partial charge in [-0.1, -0.05) is 19.1 Å². The Balaban J connectivity index is 1.83. The lowest BCUT2D eigenvalue weighted by Crippen LogP contribution is -2.37. The van der Waals surface area contributed by atoms with E-state index in [0.717, 1.165) is 38.0 Å². The number of rotatable bonds is 2. The first-order chi connectivity index (χ1) is 9.65. The van der Waals surface area contributed by atoms with Gasteiger partial charge in [0.25, 0.3) is 0 Å². The van der Waals surface area contributed by atoms with Gasteiger partial charge in [0.15, 0.2) is 0 Å². The highest BCUT2D eigenvalue weighted by molar-refractivity contribution is 5.80. The zero-order chi connectivity index (χ0) is 14.1. The number of benzene rings is 1. The van der Waals surface area contributed by atoms with Gasteiger partial charge in [0, 0.05) is 13.1 Å². The Kier molecular flexibility index (Phi) is 3.74. The lowest BCUT2D eigenvalue weighted by molar-refractivity contribution is -0.136. The fourth-order valence-corrected chi connectivity index (χ4v) is 3.42. The van der Waals surface area contributed by atoms with Gasteiger partial charge < -0.3 is 10.2 Å². The number of hydrogen-bond acceptors (Lipinski definition) is 2. The van der Waals surface area contributed by atoms with E-state index in [4.69, 9.17) is 0 Å². The third-order valence-electron chi connectivity index (χ3n) is 4.44. The molecule has 20 heavy (non-hydrogen) atoms. The van der Waals surface area contributed by atoms with Gasteiger partial charge in [0.2, 0.25) is 5.91 Å². The fraction of sp³-hybridized carbons (Fsp3) is 0.562. The molecule has 2 aliphatic heterocycles. The Morgan fingerprint density at radius 3 is 3.00 bits per heavy atom. The summed E-state index contributed by atoms with van der Waals surface area (Å²) in [6, 6.07) is 6.71. The lowest BCUT2D eigenvalue weighted by Gasteiger charge is -2.27. The number of amides is 1. The summed E-state index contributed by atoms with van der Waals surface area (Å²) < 4.78 is 13.4. The maximum atomic E-state index is 13.4. The van der Waals surface area contributed by atoms with E-state index in [2.05, 4.69) is 12.2 Å². The van der Waals surface area contributed by atoms with Crippen molar-refractivity contribution < 1.29 is 9.18 Å². The quantitative estimate of drug-likeness (QED) is 0.899. The largest absolute Gasteiger partial charge is 0.335 e. The minimum Gasteiger partial charge on any atom is -0.335 e. The lowest BCUT2D eigenvalue weighted by atomic mass is 10.00. The van der Waals surface area contributed by atoms with E-state index < -0.39 is 0 Å². The number of halogens is 1. The Labute approximate surface area is 119 Å². The maximum Gasteiger partial charge on any atom is 0.227 e. The molecule has 4 heteroatoms. The molecule has 0 aromatic heterocycles. The predicted molar refractivity (Wildman–Crippen MR) is 75.6 cm³/mol. The van der Waals surface area contributed by atoms with Gasteiger partial charge in [-0.05, 0) is 43.0 Å². The Morgan fingerprint density at radius 2 is 2.30 bits per heavy atom. The first kappa shape index (κ1) is 13.6. The molecule has 2 saturated heterocycles. The molecular formula is C16H21FN2O. The minimum absolute atomic E-state index is 0.0359. The van der Waals surface area contributed by atoms with Crippen LogP contribution < -0.4 is 5.32 Å². The van der Waals surface area contributed by atoms with Gasteiger partial charge in [-0.2, -0.15) is 0 Å². The van der Waals surface area contributed by atoms with Crippen LogP contribution >= 0.6 is 0 Å². The third kappa shape index (κ3) is 2.57. The second-order valence-corrected chi connectivity index (χ2v) is 6.09. The highest BCUT2D eigenvalue weighted by atomic mass is 19.1. The highest BCUT2D eigenvalue weighted by Crippen LogP contribution is 2.36. The maximum absolute atomic E-state index is 13.4. The van der Waals surface area contributed by atoms with Crippen LogP contribution in [-0.4, -0.2) is 30.4 Å². The second kappa shape index (κ2) is 5.52. The molecule has 0 radical (unpaired) electrons. The monoisotopic (exact) mass is 276 g/mol. The molecule has 0 aliphatic carbocycles. The van der Waals surface area contributed by atoms with E-state index in [1.807, 2.05) is 11.0 Å². The minimum atomic E-state index is -0.225. The van der Waals surface area contributed by atoms with Gasteiger partial charge in [-0.25, -0.2) is 4.39 Å². The van der Waals surface area contributed by atoms with Gasteiger partial charge in [0.05, 0.1) is 12.0 Å². The summed E-state index contributed by atoms with van der Waals surface area (Å²) in [6.45, 7) is 4.65. The zero-order valence-corrected chi connectivity index (χ0v) is 11.8. The predicted octanol–water partition coefficient (Wildman–Crippen LogP) is 2.34. The van der Waals surface area contributed by atoms with Gasteiger partial charge in [-0.15, -0.1) is 0 Å². The van der Waals surface area contributed by atoms with Gasteiger partial charge in [-0.3, -0.25) is 4.79 Å². The summed E-state index contributed by atoms with van der Waals surface area (Å²) in [6.07, 6.45) is 1.84. The zero-order valence-electron chi connectivity index (χ0n) is 11.8. The molecule has 1 aromatic rings. The molecule has 3 unspecified atom stereocenters. The van der Waals surface area contributed by atoms with Crippen LogP contribution in [0.2, 0.25) is 0 Å². The van der Waals surface area contributed by atoms with E-state index in [-0.39, 0.29) is 23.7 Å². The van der Waals surface area contributed by atoms with E-state index >= 15 is 0 Å². The van der Waals surface area contributed by atoms with E-state index in [1.54, 1.807) is 12.1 Å². The van der Waals surface area contributed by atoms with Crippen molar-refractivity contribution in [3.63, 3.8) is 0 Å². The summed E-state index contributed by atoms with van der Waals surface area (Å²) >= 11 is 0. The van der Waals surface area contributed by atoms with Crippen molar-refractivity contribution in [1.82, 2.24) is 10.2 Å². The second-order valence-electron chi connectivity index (χ2n) is 6.09. The van der Waals surface area contributed by atoms with Crippen molar-refractivity contribution in [1.29, 1.82) is 0 Å². The Hall–Kier alpha value is -1.42. The summed E-state index contributed by atoms with van der Waals surface area (Å²) in [4.78, 5) is 14.6. The van der Waals surface area contributed by atoms with Crippen LogP contribution in [-0.2, 0) is 4.79 Å². The first-order valence-corrected chi connectivity index (χ1v) is 7.42. The molecule has 2 heterocycles. The average molecular weight is 276 g/mol. The van der Waals surface area contributed by atoms with Crippen LogP contribution in [0.1, 0.15) is 31.4 Å². The van der Waals surface area contributed by atoms with Crippen molar-refractivity contribution in [3.05, 3.63) is 35.6 Å². The molecule has 1 N–H and O–H groups in total. The molecule has 1 aromatic carbocycles. The summed E-state index contributed by atoms with van der Waals surface area (Å²) in [5, 5.41) is 3.24. The summed E-state index contributed by atoms with van der Waals surface area (Å²) in [5.74, 6) is 0.573. The third-order valence-corrected chi connectivity index (χ3v) is 4.44. The molecule has 108 valence electrons. The van der Waals surface area contributed by atoms with Crippen LogP contribution in [0.5, 0.6) is 0 Å². The SMILES string of the molecule is CC1CC(c2cccc(F)c2)N(C(=O)C2CCNC2)C1. The number of carbonyl (C=O) groups is 1. The van der Waals surface area contributed by atoms with Crippen molar-refractivity contribution in [2.24, 2.45) is 11.8 Å². The number of likely N-dealkylation sites (tertiary alicyclic amines) is 1. The van der Waals surface area contributed by atoms with Crippen molar-refractivity contribution in [2.45, 2.75) is 25.8 Å². The molecule has 3 nitrogen and oxygen atoms in total. The Morgan fingerprint density at radius 1 is 1.45 bits per heavy atom. The topological polar surface area (TPSA) is 32.3 Å². The molecule has 2 fully saturated rings. The van der Waals surface area contributed by atoms with Crippen LogP contribution in [0.25, 0.3) is 0 Å². The summed E-state index contributed by atoms with van der Waals surface area (Å²) in [7, 11) is 0. The number of nitrogens with zero attached hydrogens (tertiary/aromatic N) is 1. The standard InChI is InChI=1S/C16H21FN2O/c1-11-7-15(12-3-2-4-14(17)8-12)19(10-11)16(20)13-5-6-18-9-13/h2-4,8,11,13,15,18H,5-7,9-10H2,1H3.